The van der Waals surface area contributed by atoms with Crippen molar-refractivity contribution in [2.45, 2.75) is 13.3 Å². The van der Waals surface area contributed by atoms with Crippen LogP contribution in [0.25, 0.3) is 0 Å². The number of piperazine rings is 1. The first-order chi connectivity index (χ1) is 16.0. The van der Waals surface area contributed by atoms with Crippen molar-refractivity contribution in [1.29, 1.82) is 0 Å². The summed E-state index contributed by atoms with van der Waals surface area (Å²) in [5.74, 6) is 1.63. The summed E-state index contributed by atoms with van der Waals surface area (Å²) in [6.07, 6.45) is 1.51. The predicted octanol–water partition coefficient (Wildman–Crippen LogP) is 2.34. The average molecular weight is 460 g/mol. The molecule has 0 atom stereocenters. The van der Waals surface area contributed by atoms with Gasteiger partial charge < -0.3 is 29.3 Å². The number of nitrogens with zero attached hydrogens (tertiary/aromatic N) is 5. The summed E-state index contributed by atoms with van der Waals surface area (Å²) < 4.78 is 15.6. The number of nitro groups is 1. The van der Waals surface area contributed by atoms with E-state index in [4.69, 9.17) is 14.2 Å². The van der Waals surface area contributed by atoms with Crippen LogP contribution in [-0.4, -0.2) is 79.4 Å². The van der Waals surface area contributed by atoms with Gasteiger partial charge in [-0.2, -0.15) is 0 Å². The van der Waals surface area contributed by atoms with Crippen molar-refractivity contribution in [3.05, 3.63) is 40.2 Å². The minimum Gasteiger partial charge on any atom is -0.493 e. The summed E-state index contributed by atoms with van der Waals surface area (Å²) in [6.45, 7) is 4.06. The predicted molar refractivity (Wildman–Crippen MR) is 121 cm³/mol. The maximum Gasteiger partial charge on any atom is 0.409 e. The second-order valence-corrected chi connectivity index (χ2v) is 7.19. The molecule has 1 fully saturated rings. The van der Waals surface area contributed by atoms with Crippen LogP contribution in [0.15, 0.2) is 24.5 Å². The molecule has 1 N–H and O–H groups in total. The van der Waals surface area contributed by atoms with E-state index in [0.29, 0.717) is 57.3 Å². The van der Waals surface area contributed by atoms with Crippen molar-refractivity contribution in [2.24, 2.45) is 0 Å². The van der Waals surface area contributed by atoms with E-state index in [1.54, 1.807) is 30.9 Å². The van der Waals surface area contributed by atoms with Crippen LogP contribution < -0.4 is 19.7 Å². The number of methoxy groups -OCH3 is 2. The molecule has 2 aromatic rings. The molecule has 12 heteroatoms. The molecule has 33 heavy (non-hydrogen) atoms. The molecular formula is C21H28N6O6. The zero-order chi connectivity index (χ0) is 23.8. The molecule has 0 spiro atoms. The minimum absolute atomic E-state index is 0.151. The molecule has 1 amide bonds. The monoisotopic (exact) mass is 460 g/mol. The lowest BCUT2D eigenvalue weighted by Gasteiger charge is -2.34. The summed E-state index contributed by atoms with van der Waals surface area (Å²) in [7, 11) is 3.14. The fourth-order valence-electron chi connectivity index (χ4n) is 3.58. The van der Waals surface area contributed by atoms with Gasteiger partial charge in [0.25, 0.3) is 0 Å². The Hall–Kier alpha value is -3.83. The highest BCUT2D eigenvalue weighted by Crippen LogP contribution is 2.32. The summed E-state index contributed by atoms with van der Waals surface area (Å²) >= 11 is 0. The third-order valence-corrected chi connectivity index (χ3v) is 5.24. The summed E-state index contributed by atoms with van der Waals surface area (Å²) in [5, 5.41) is 14.9. The van der Waals surface area contributed by atoms with Gasteiger partial charge in [0.15, 0.2) is 11.5 Å². The van der Waals surface area contributed by atoms with Crippen LogP contribution in [0.3, 0.4) is 0 Å². The first kappa shape index (κ1) is 23.8. The molecule has 0 saturated carbocycles. The third-order valence-electron chi connectivity index (χ3n) is 5.24. The summed E-state index contributed by atoms with van der Waals surface area (Å²) in [5.41, 5.74) is 0.793. The van der Waals surface area contributed by atoms with Crippen molar-refractivity contribution < 1.29 is 23.9 Å². The highest BCUT2D eigenvalue weighted by Gasteiger charge is 2.30. The number of hydrogen-bond acceptors (Lipinski definition) is 10. The van der Waals surface area contributed by atoms with Crippen LogP contribution >= 0.6 is 0 Å². The molecule has 1 aliphatic heterocycles. The Morgan fingerprint density at radius 3 is 2.52 bits per heavy atom. The summed E-state index contributed by atoms with van der Waals surface area (Å²) in [6, 6.07) is 5.59. The number of hydrogen-bond donors (Lipinski definition) is 1. The first-order valence-electron chi connectivity index (χ1n) is 10.6. The molecule has 0 bridgehead atoms. The number of carbonyl (C=O) groups excluding carboxylic acids is 1. The molecule has 0 aliphatic carbocycles. The van der Waals surface area contributed by atoms with Crippen LogP contribution in [0.2, 0.25) is 0 Å². The Labute approximate surface area is 191 Å². The van der Waals surface area contributed by atoms with E-state index in [-0.39, 0.29) is 23.4 Å². The first-order valence-corrected chi connectivity index (χ1v) is 10.6. The van der Waals surface area contributed by atoms with Crippen LogP contribution in [0.5, 0.6) is 11.5 Å². The van der Waals surface area contributed by atoms with Crippen molar-refractivity contribution >= 4 is 23.4 Å². The van der Waals surface area contributed by atoms with E-state index in [1.165, 1.54) is 6.33 Å². The molecule has 178 valence electrons. The van der Waals surface area contributed by atoms with Crippen molar-refractivity contribution in [3.63, 3.8) is 0 Å². The van der Waals surface area contributed by atoms with E-state index < -0.39 is 4.92 Å². The second-order valence-electron chi connectivity index (χ2n) is 7.19. The van der Waals surface area contributed by atoms with Gasteiger partial charge in [0.1, 0.15) is 6.33 Å². The number of rotatable bonds is 9. The van der Waals surface area contributed by atoms with Crippen LogP contribution in [-0.2, 0) is 11.2 Å². The Balaban J connectivity index is 1.68. The van der Waals surface area contributed by atoms with Gasteiger partial charge in [-0.05, 0) is 31.0 Å². The molecule has 12 nitrogen and oxygen atoms in total. The number of amides is 1. The SMILES string of the molecule is CCOC(=O)N1CCN(c2ncnc(NCCc3ccc(OC)c(OC)c3)c2[N+](=O)[O-])CC1. The van der Waals surface area contributed by atoms with E-state index in [2.05, 4.69) is 15.3 Å². The number of nitrogens with one attached hydrogen (secondary N) is 1. The lowest BCUT2D eigenvalue weighted by molar-refractivity contribution is -0.383. The molecule has 2 heterocycles. The van der Waals surface area contributed by atoms with Gasteiger partial charge in [0.05, 0.1) is 25.7 Å². The summed E-state index contributed by atoms with van der Waals surface area (Å²) in [4.78, 5) is 34.9. The highest BCUT2D eigenvalue weighted by molar-refractivity contribution is 5.71. The third kappa shape index (κ3) is 5.70. The topological polar surface area (TPSA) is 132 Å². The Morgan fingerprint density at radius 2 is 1.88 bits per heavy atom. The minimum atomic E-state index is -0.480. The lowest BCUT2D eigenvalue weighted by Crippen LogP contribution is -2.49. The molecule has 0 radical (unpaired) electrons. The average Bonchev–Trinajstić information content (AvgIpc) is 2.83. The quantitative estimate of drug-likeness (QED) is 0.439. The normalized spacial score (nSPS) is 13.4. The number of carbonyl (C=O) groups is 1. The fourth-order valence-corrected chi connectivity index (χ4v) is 3.58. The number of aromatic nitrogens is 2. The molecule has 0 unspecified atom stereocenters. The van der Waals surface area contributed by atoms with Crippen molar-refractivity contribution in [2.75, 3.05) is 63.8 Å². The number of ether oxygens (including phenoxy) is 3. The molecule has 1 saturated heterocycles. The van der Waals surface area contributed by atoms with Crippen molar-refractivity contribution in [1.82, 2.24) is 14.9 Å². The van der Waals surface area contributed by atoms with Gasteiger partial charge in [-0.1, -0.05) is 6.07 Å². The number of anilines is 2. The van der Waals surface area contributed by atoms with Gasteiger partial charge in [0, 0.05) is 32.7 Å². The Bertz CT molecular complexity index is 980. The molecule has 3 rings (SSSR count). The van der Waals surface area contributed by atoms with E-state index in [0.717, 1.165) is 5.56 Å². The largest absolute Gasteiger partial charge is 0.493 e. The lowest BCUT2D eigenvalue weighted by atomic mass is 10.1. The fraction of sp³-hybridized carbons (Fsp3) is 0.476. The zero-order valence-electron chi connectivity index (χ0n) is 18.9. The highest BCUT2D eigenvalue weighted by atomic mass is 16.6. The Morgan fingerprint density at radius 1 is 1.15 bits per heavy atom. The van der Waals surface area contributed by atoms with Crippen LogP contribution in [0.4, 0.5) is 22.1 Å². The maximum absolute atomic E-state index is 11.9. The zero-order valence-corrected chi connectivity index (χ0v) is 18.9. The van der Waals surface area contributed by atoms with E-state index >= 15 is 0 Å². The Kier molecular flexibility index (Phi) is 8.06. The smallest absolute Gasteiger partial charge is 0.409 e. The van der Waals surface area contributed by atoms with Crippen LogP contribution in [0, 0.1) is 10.1 Å². The second kappa shape index (κ2) is 11.2. The standard InChI is InChI=1S/C21H28N6O6/c1-4-33-21(28)26-11-9-25(10-12-26)20-18(27(29)30)19(23-14-24-20)22-8-7-15-5-6-16(31-2)17(13-15)32-3/h5-6,13-14H,4,7-12H2,1-3H3,(H,22,23,24). The van der Waals surface area contributed by atoms with Crippen LogP contribution in [0.1, 0.15) is 12.5 Å². The maximum atomic E-state index is 11.9. The van der Waals surface area contributed by atoms with Gasteiger partial charge in [0.2, 0.25) is 11.6 Å². The van der Waals surface area contributed by atoms with E-state index in [1.807, 2.05) is 18.2 Å². The molecule has 1 aliphatic rings. The van der Waals surface area contributed by atoms with E-state index in [9.17, 15) is 14.9 Å². The molecule has 1 aromatic heterocycles. The number of benzene rings is 1. The van der Waals surface area contributed by atoms with Gasteiger partial charge in [-0.3, -0.25) is 10.1 Å². The van der Waals surface area contributed by atoms with Gasteiger partial charge in [-0.15, -0.1) is 0 Å². The van der Waals surface area contributed by atoms with Gasteiger partial charge >= 0.3 is 11.8 Å². The molecule has 1 aromatic carbocycles. The molecular weight excluding hydrogens is 432 g/mol. The van der Waals surface area contributed by atoms with Gasteiger partial charge in [-0.25, -0.2) is 14.8 Å². The van der Waals surface area contributed by atoms with Crippen molar-refractivity contribution in [3.8, 4) is 11.5 Å².